The summed E-state index contributed by atoms with van der Waals surface area (Å²) in [4.78, 5) is 6.64. The molecule has 4 heteroatoms. The van der Waals surface area contributed by atoms with Crippen LogP contribution in [0.4, 0.5) is 11.4 Å². The molecule has 0 spiro atoms. The Morgan fingerprint density at radius 3 is 1.88 bits per heavy atom. The molecule has 0 atom stereocenters. The monoisotopic (exact) mass is 845 g/mol. The highest BCUT2D eigenvalue weighted by Crippen LogP contribution is 2.58. The summed E-state index contributed by atoms with van der Waals surface area (Å²) in [5.74, 6) is 0. The molecule has 2 aromatic heterocycles. The second-order valence-electron chi connectivity index (χ2n) is 23.3. The van der Waals surface area contributed by atoms with Gasteiger partial charge in [0, 0.05) is 55.0 Å². The van der Waals surface area contributed by atoms with Gasteiger partial charge in [-0.1, -0.05) is 148 Å². The molecule has 3 aliphatic carbocycles. The zero-order valence-electron chi connectivity index (χ0n) is 39.7. The Morgan fingerprint density at radius 2 is 1.14 bits per heavy atom. The van der Waals surface area contributed by atoms with Gasteiger partial charge in [0.1, 0.15) is 5.58 Å². The number of benzene rings is 7. The summed E-state index contributed by atoms with van der Waals surface area (Å²) < 4.78 is 7.21. The van der Waals surface area contributed by atoms with E-state index in [0.29, 0.717) is 0 Å². The van der Waals surface area contributed by atoms with Crippen LogP contribution < -0.4 is 10.4 Å². The maximum Gasteiger partial charge on any atom is 0.193 e. The molecular weight excluding hydrogens is 787 g/mol. The molecule has 1 aliphatic heterocycles. The molecule has 13 rings (SSSR count). The van der Waals surface area contributed by atoms with Crippen molar-refractivity contribution in [2.75, 3.05) is 4.90 Å². The normalized spacial score (nSPS) is 19.6. The topological polar surface area (TPSA) is 32.2 Å². The van der Waals surface area contributed by atoms with E-state index >= 15 is 0 Å². The first-order valence-electron chi connectivity index (χ1n) is 24.1. The van der Waals surface area contributed by atoms with Gasteiger partial charge in [-0.15, -0.1) is 0 Å². The Morgan fingerprint density at radius 1 is 0.508 bits per heavy atom. The van der Waals surface area contributed by atoms with Gasteiger partial charge in [0.05, 0.1) is 11.2 Å². The summed E-state index contributed by atoms with van der Waals surface area (Å²) >= 11 is 0. The molecule has 321 valence electrons. The molecule has 1 N–H and O–H groups in total. The molecule has 0 saturated carbocycles. The molecule has 0 amide bonds. The second kappa shape index (κ2) is 12.7. The van der Waals surface area contributed by atoms with E-state index in [2.05, 4.69) is 202 Å². The Kier molecular flexibility index (Phi) is 7.67. The van der Waals surface area contributed by atoms with Gasteiger partial charge < -0.3 is 14.3 Å². The number of fused-ring (bicyclic) bond motifs is 13. The number of furan rings is 1. The Bertz CT molecular complexity index is 3620. The van der Waals surface area contributed by atoms with E-state index < -0.39 is 0 Å². The first-order valence-corrected chi connectivity index (χ1v) is 24.1. The quantitative estimate of drug-likeness (QED) is 0.176. The predicted molar refractivity (Wildman–Crippen MR) is 277 cm³/mol. The van der Waals surface area contributed by atoms with Crippen LogP contribution in [-0.4, -0.2) is 12.3 Å². The highest BCUT2D eigenvalue weighted by atomic mass is 16.3. The fourth-order valence-electron chi connectivity index (χ4n) is 12.9. The highest BCUT2D eigenvalue weighted by Gasteiger charge is 2.48. The Balaban J connectivity index is 1.16. The molecule has 3 heterocycles. The van der Waals surface area contributed by atoms with Gasteiger partial charge in [-0.3, -0.25) is 0 Å². The number of hydrogen-bond donors (Lipinski definition) is 1. The maximum absolute atomic E-state index is 7.21. The number of aromatic amines is 1. The van der Waals surface area contributed by atoms with E-state index in [1.165, 1.54) is 108 Å². The lowest BCUT2D eigenvalue weighted by Gasteiger charge is -2.43. The summed E-state index contributed by atoms with van der Waals surface area (Å²) in [6.45, 7) is 24.6. The molecule has 9 aromatic rings. The van der Waals surface area contributed by atoms with Crippen LogP contribution >= 0.6 is 0 Å². The average molecular weight is 846 g/mol. The molecule has 1 radical (unpaired) electrons. The van der Waals surface area contributed by atoms with Crippen molar-refractivity contribution >= 4 is 84.3 Å². The van der Waals surface area contributed by atoms with Crippen LogP contribution in [0.25, 0.3) is 71.3 Å². The van der Waals surface area contributed by atoms with Crippen molar-refractivity contribution in [1.82, 2.24) is 4.98 Å². The summed E-state index contributed by atoms with van der Waals surface area (Å²) in [5.41, 5.74) is 21.5. The average Bonchev–Trinajstić information content (AvgIpc) is 3.91. The SMILES string of the molecule is CC1(C)CCC(C)(C)c2cc(N3C4=C([B]c5c(-c6cccc7c6[nH]c6cc8ccccc8cc67)cc6c(oc7ccccc76)c53)C(C)(C)c3cc5c(cc34)C(C)(C)CCC5(C)C)ccc21. The molecule has 4 aliphatic rings. The smallest absolute Gasteiger partial charge is 0.193 e. The molecule has 0 fully saturated rings. The zero-order valence-corrected chi connectivity index (χ0v) is 39.7. The van der Waals surface area contributed by atoms with Crippen LogP contribution in [0, 0.1) is 0 Å². The van der Waals surface area contributed by atoms with Crippen molar-refractivity contribution in [2.24, 2.45) is 0 Å². The number of nitrogens with zero attached hydrogens (tertiary/aromatic N) is 1. The van der Waals surface area contributed by atoms with Crippen molar-refractivity contribution in [3.8, 4) is 11.1 Å². The van der Waals surface area contributed by atoms with Gasteiger partial charge in [-0.05, 0) is 139 Å². The predicted octanol–water partition coefficient (Wildman–Crippen LogP) is 15.9. The van der Waals surface area contributed by atoms with Crippen molar-refractivity contribution in [3.63, 3.8) is 0 Å². The van der Waals surface area contributed by atoms with E-state index in [1.807, 2.05) is 0 Å². The number of hydrogen-bond acceptors (Lipinski definition) is 2. The summed E-state index contributed by atoms with van der Waals surface area (Å²) in [6, 6.07) is 44.1. The molecule has 0 saturated heterocycles. The minimum Gasteiger partial charge on any atom is -0.454 e. The lowest BCUT2D eigenvalue weighted by molar-refractivity contribution is 0.331. The number of anilines is 2. The Hall–Kier alpha value is -6.00. The molecule has 65 heavy (non-hydrogen) atoms. The number of para-hydroxylation sites is 2. The van der Waals surface area contributed by atoms with Crippen LogP contribution in [0.15, 0.2) is 125 Å². The third-order valence-electron chi connectivity index (χ3n) is 17.2. The van der Waals surface area contributed by atoms with E-state index in [-0.39, 0.29) is 27.1 Å². The van der Waals surface area contributed by atoms with Gasteiger partial charge in [-0.2, -0.15) is 0 Å². The Labute approximate surface area is 384 Å². The second-order valence-corrected chi connectivity index (χ2v) is 23.3. The lowest BCUT2D eigenvalue weighted by Crippen LogP contribution is -2.38. The largest absolute Gasteiger partial charge is 0.454 e. The molecule has 3 nitrogen and oxygen atoms in total. The summed E-state index contributed by atoms with van der Waals surface area (Å²) in [5, 5.41) is 7.27. The number of nitrogens with one attached hydrogen (secondary N) is 1. The van der Waals surface area contributed by atoms with Gasteiger partial charge in [-0.25, -0.2) is 0 Å². The van der Waals surface area contributed by atoms with E-state index in [1.54, 1.807) is 0 Å². The fourth-order valence-corrected chi connectivity index (χ4v) is 12.9. The van der Waals surface area contributed by atoms with Gasteiger partial charge >= 0.3 is 0 Å². The fraction of sp³-hybridized carbons (Fsp3) is 0.311. The van der Waals surface area contributed by atoms with Gasteiger partial charge in [0.15, 0.2) is 12.9 Å². The summed E-state index contributed by atoms with van der Waals surface area (Å²) in [7, 11) is 2.57. The lowest BCUT2D eigenvalue weighted by atomic mass is 9.52. The molecular formula is C61H58BN2O. The first kappa shape index (κ1) is 39.4. The van der Waals surface area contributed by atoms with Crippen molar-refractivity contribution < 1.29 is 4.42 Å². The van der Waals surface area contributed by atoms with E-state index in [4.69, 9.17) is 4.42 Å². The minimum atomic E-state index is -0.268. The van der Waals surface area contributed by atoms with Crippen LogP contribution in [-0.2, 0) is 27.1 Å². The van der Waals surface area contributed by atoms with Crippen LogP contribution in [0.5, 0.6) is 0 Å². The third-order valence-corrected chi connectivity index (χ3v) is 17.2. The number of rotatable bonds is 2. The molecule has 7 aromatic carbocycles. The minimum absolute atomic E-state index is 0.0386. The summed E-state index contributed by atoms with van der Waals surface area (Å²) in [6.07, 6.45) is 4.70. The molecule has 0 bridgehead atoms. The van der Waals surface area contributed by atoms with E-state index in [9.17, 15) is 0 Å². The van der Waals surface area contributed by atoms with Crippen LogP contribution in [0.2, 0.25) is 0 Å². The van der Waals surface area contributed by atoms with Gasteiger partial charge in [0.25, 0.3) is 0 Å². The molecule has 0 unspecified atom stereocenters. The van der Waals surface area contributed by atoms with Gasteiger partial charge in [0.2, 0.25) is 0 Å². The number of H-pyrrole nitrogens is 1. The third kappa shape index (κ3) is 5.32. The van der Waals surface area contributed by atoms with Crippen molar-refractivity contribution in [1.29, 1.82) is 0 Å². The van der Waals surface area contributed by atoms with Crippen LogP contribution in [0.3, 0.4) is 0 Å². The number of aromatic nitrogens is 1. The van der Waals surface area contributed by atoms with Crippen molar-refractivity contribution in [3.05, 3.63) is 154 Å². The van der Waals surface area contributed by atoms with Crippen LogP contribution in [0.1, 0.15) is 128 Å². The maximum atomic E-state index is 7.21. The standard InChI is InChI=1S/C61H58BN2O/c1-57(2)24-25-58(3,4)46-30-36(22-23-44(46)57)64-53-43-32-47-48(60(7,8)27-26-59(47,5)6)33-45(43)61(9,10)56(53)62-51-41(31-42-37-18-13-14-21-50(37)65-55(42)54(51)64)39-20-15-19-38-40-28-34-16-11-12-17-35(34)29-49(40)63-52(38)39/h11-23,28-33,63H,24-27H2,1-10H3. The van der Waals surface area contributed by atoms with E-state index in [0.717, 1.165) is 45.1 Å². The highest BCUT2D eigenvalue weighted by molar-refractivity contribution is 6.69. The van der Waals surface area contributed by atoms with Crippen molar-refractivity contribution in [2.45, 2.75) is 122 Å². The number of allylic oxidation sites excluding steroid dienone is 1. The zero-order chi connectivity index (χ0) is 44.7. The first-order chi connectivity index (χ1) is 30.9.